The minimum atomic E-state index is -0.369. The number of carbonyl (C=O) groups is 2. The molecule has 27 heavy (non-hydrogen) atoms. The number of hydrogen-bond donors (Lipinski definition) is 0. The molecule has 2 heterocycles. The number of amides is 2. The number of piperidine rings is 1. The van der Waals surface area contributed by atoms with Crippen LogP contribution in [0.4, 0.5) is 0 Å². The van der Waals surface area contributed by atoms with Crippen molar-refractivity contribution in [3.05, 3.63) is 52.2 Å². The molecule has 5 nitrogen and oxygen atoms in total. The van der Waals surface area contributed by atoms with E-state index < -0.39 is 0 Å². The van der Waals surface area contributed by atoms with Gasteiger partial charge in [0.05, 0.1) is 12.0 Å². The molecule has 0 radical (unpaired) electrons. The molecule has 6 heteroatoms. The molecule has 1 fully saturated rings. The van der Waals surface area contributed by atoms with E-state index in [1.54, 1.807) is 12.0 Å². The van der Waals surface area contributed by atoms with Gasteiger partial charge in [0.25, 0.3) is 5.91 Å². The minimum absolute atomic E-state index is 0.0245. The third kappa shape index (κ3) is 4.50. The SMILES string of the molecule is CCN(Cc1ccc(OC)cc1)C(=O)C1CCCCN1C(=O)c1cccs1. The second-order valence-corrected chi connectivity index (χ2v) is 7.64. The molecule has 1 atom stereocenters. The highest BCUT2D eigenvalue weighted by atomic mass is 32.1. The van der Waals surface area contributed by atoms with Gasteiger partial charge in [0.1, 0.15) is 11.8 Å². The largest absolute Gasteiger partial charge is 0.497 e. The van der Waals surface area contributed by atoms with Gasteiger partial charge >= 0.3 is 0 Å². The Bertz CT molecular complexity index is 758. The average Bonchev–Trinajstić information content (AvgIpc) is 3.26. The molecule has 0 bridgehead atoms. The van der Waals surface area contributed by atoms with Crippen LogP contribution in [-0.2, 0) is 11.3 Å². The summed E-state index contributed by atoms with van der Waals surface area (Å²) >= 11 is 1.43. The number of likely N-dealkylation sites (tertiary alicyclic amines) is 1. The highest BCUT2D eigenvalue weighted by molar-refractivity contribution is 7.12. The van der Waals surface area contributed by atoms with Gasteiger partial charge in [0, 0.05) is 19.6 Å². The zero-order chi connectivity index (χ0) is 19.2. The van der Waals surface area contributed by atoms with Gasteiger partial charge in [-0.25, -0.2) is 0 Å². The average molecular weight is 387 g/mol. The molecule has 2 amide bonds. The fraction of sp³-hybridized carbons (Fsp3) is 0.429. The fourth-order valence-corrected chi connectivity index (χ4v) is 4.16. The number of nitrogens with zero attached hydrogens (tertiary/aromatic N) is 2. The zero-order valence-electron chi connectivity index (χ0n) is 15.9. The molecule has 2 aromatic rings. The number of benzene rings is 1. The molecule has 1 unspecified atom stereocenters. The van der Waals surface area contributed by atoms with Crippen molar-refractivity contribution >= 4 is 23.2 Å². The van der Waals surface area contributed by atoms with Crippen molar-refractivity contribution in [1.82, 2.24) is 9.80 Å². The van der Waals surface area contributed by atoms with Gasteiger partial charge in [-0.15, -0.1) is 11.3 Å². The number of ether oxygens (including phenoxy) is 1. The van der Waals surface area contributed by atoms with E-state index in [9.17, 15) is 9.59 Å². The first-order valence-electron chi connectivity index (χ1n) is 9.40. The van der Waals surface area contributed by atoms with E-state index >= 15 is 0 Å². The number of methoxy groups -OCH3 is 1. The summed E-state index contributed by atoms with van der Waals surface area (Å²) in [6.45, 7) is 3.78. The van der Waals surface area contributed by atoms with Crippen LogP contribution in [0.15, 0.2) is 41.8 Å². The smallest absolute Gasteiger partial charge is 0.264 e. The highest BCUT2D eigenvalue weighted by Gasteiger charge is 2.35. The highest BCUT2D eigenvalue weighted by Crippen LogP contribution is 2.24. The van der Waals surface area contributed by atoms with Gasteiger partial charge in [-0.05, 0) is 55.3 Å². The second-order valence-electron chi connectivity index (χ2n) is 6.69. The maximum atomic E-state index is 13.3. The summed E-state index contributed by atoms with van der Waals surface area (Å²) in [5.41, 5.74) is 1.05. The maximum absolute atomic E-state index is 13.3. The van der Waals surface area contributed by atoms with Crippen molar-refractivity contribution in [1.29, 1.82) is 0 Å². The Morgan fingerprint density at radius 3 is 2.63 bits per heavy atom. The van der Waals surface area contributed by atoms with Gasteiger partial charge < -0.3 is 14.5 Å². The van der Waals surface area contributed by atoms with Gasteiger partial charge in [-0.2, -0.15) is 0 Å². The van der Waals surface area contributed by atoms with Crippen LogP contribution < -0.4 is 4.74 Å². The Morgan fingerprint density at radius 2 is 2.00 bits per heavy atom. The van der Waals surface area contributed by atoms with Crippen LogP contribution in [0.3, 0.4) is 0 Å². The van der Waals surface area contributed by atoms with Crippen LogP contribution in [0.25, 0.3) is 0 Å². The first-order chi connectivity index (χ1) is 13.1. The van der Waals surface area contributed by atoms with Crippen molar-refractivity contribution in [3.63, 3.8) is 0 Å². The summed E-state index contributed by atoms with van der Waals surface area (Å²) in [5.74, 6) is 0.814. The van der Waals surface area contributed by atoms with Crippen molar-refractivity contribution in [2.45, 2.75) is 38.8 Å². The first kappa shape index (κ1) is 19.4. The van der Waals surface area contributed by atoms with Crippen molar-refractivity contribution in [2.75, 3.05) is 20.2 Å². The number of thiophene rings is 1. The van der Waals surface area contributed by atoms with Gasteiger partial charge in [-0.1, -0.05) is 18.2 Å². The van der Waals surface area contributed by atoms with E-state index in [0.29, 0.717) is 24.5 Å². The van der Waals surface area contributed by atoms with Crippen molar-refractivity contribution in [2.24, 2.45) is 0 Å². The molecule has 1 aliphatic rings. The molecule has 0 aliphatic carbocycles. The maximum Gasteiger partial charge on any atom is 0.264 e. The molecular formula is C21H26N2O3S. The summed E-state index contributed by atoms with van der Waals surface area (Å²) in [7, 11) is 1.64. The third-order valence-corrected chi connectivity index (χ3v) is 5.86. The summed E-state index contributed by atoms with van der Waals surface area (Å²) < 4.78 is 5.20. The summed E-state index contributed by atoms with van der Waals surface area (Å²) in [6.07, 6.45) is 2.66. The van der Waals surface area contributed by atoms with E-state index in [0.717, 1.165) is 30.6 Å². The molecule has 1 aliphatic heterocycles. The lowest BCUT2D eigenvalue weighted by Crippen LogP contribution is -2.52. The molecule has 144 valence electrons. The standard InChI is InChI=1S/C21H26N2O3S/c1-3-22(15-16-9-11-17(26-2)12-10-16)20(24)18-7-4-5-13-23(18)21(25)19-8-6-14-27-19/h6,8-12,14,18H,3-5,7,13,15H2,1-2H3. The lowest BCUT2D eigenvalue weighted by Gasteiger charge is -2.37. The predicted octanol–water partition coefficient (Wildman–Crippen LogP) is 3.80. The van der Waals surface area contributed by atoms with Crippen molar-refractivity contribution in [3.8, 4) is 5.75 Å². The molecule has 1 aromatic heterocycles. The first-order valence-corrected chi connectivity index (χ1v) is 10.3. The lowest BCUT2D eigenvalue weighted by atomic mass is 10.00. The third-order valence-electron chi connectivity index (χ3n) is 5.01. The second kappa shape index (κ2) is 9.04. The van der Waals surface area contributed by atoms with E-state index in [4.69, 9.17) is 4.74 Å². The predicted molar refractivity (Wildman–Crippen MR) is 107 cm³/mol. The van der Waals surface area contributed by atoms with Crippen LogP contribution in [0, 0.1) is 0 Å². The summed E-state index contributed by atoms with van der Waals surface area (Å²) in [6, 6.07) is 11.1. The number of hydrogen-bond acceptors (Lipinski definition) is 4. The minimum Gasteiger partial charge on any atom is -0.497 e. The Labute approximate surface area is 164 Å². The molecule has 1 aromatic carbocycles. The number of likely N-dealkylation sites (N-methyl/N-ethyl adjacent to an activating group) is 1. The van der Waals surface area contributed by atoms with Gasteiger partial charge in [-0.3, -0.25) is 9.59 Å². The molecule has 0 saturated carbocycles. The summed E-state index contributed by atoms with van der Waals surface area (Å²) in [5, 5.41) is 1.90. The Morgan fingerprint density at radius 1 is 1.22 bits per heavy atom. The molecular weight excluding hydrogens is 360 g/mol. The van der Waals surface area contributed by atoms with Crippen LogP contribution >= 0.6 is 11.3 Å². The van der Waals surface area contributed by atoms with E-state index in [1.165, 1.54) is 11.3 Å². The van der Waals surface area contributed by atoms with Gasteiger partial charge in [0.2, 0.25) is 5.91 Å². The topological polar surface area (TPSA) is 49.9 Å². The van der Waals surface area contributed by atoms with E-state index in [1.807, 2.05) is 53.6 Å². The number of rotatable bonds is 6. The molecule has 0 N–H and O–H groups in total. The van der Waals surface area contributed by atoms with E-state index in [2.05, 4.69) is 0 Å². The Balaban J connectivity index is 1.74. The normalized spacial score (nSPS) is 16.8. The lowest BCUT2D eigenvalue weighted by molar-refractivity contribution is -0.137. The van der Waals surface area contributed by atoms with Crippen molar-refractivity contribution < 1.29 is 14.3 Å². The van der Waals surface area contributed by atoms with Crippen LogP contribution in [0.1, 0.15) is 41.4 Å². The quantitative estimate of drug-likeness (QED) is 0.759. The van der Waals surface area contributed by atoms with Crippen LogP contribution in [-0.4, -0.2) is 47.9 Å². The zero-order valence-corrected chi connectivity index (χ0v) is 16.7. The molecule has 3 rings (SSSR count). The van der Waals surface area contributed by atoms with Gasteiger partial charge in [0.15, 0.2) is 0 Å². The Kier molecular flexibility index (Phi) is 6.50. The van der Waals surface area contributed by atoms with E-state index in [-0.39, 0.29) is 17.9 Å². The Hall–Kier alpha value is -2.34. The monoisotopic (exact) mass is 386 g/mol. The van der Waals surface area contributed by atoms with Crippen LogP contribution in [0.2, 0.25) is 0 Å². The van der Waals surface area contributed by atoms with Crippen LogP contribution in [0.5, 0.6) is 5.75 Å². The summed E-state index contributed by atoms with van der Waals surface area (Å²) in [4.78, 5) is 30.4. The number of carbonyl (C=O) groups excluding carboxylic acids is 2. The fourth-order valence-electron chi connectivity index (χ4n) is 3.48. The molecule has 0 spiro atoms. The molecule has 1 saturated heterocycles.